The van der Waals surface area contributed by atoms with Gasteiger partial charge in [-0.3, -0.25) is 0 Å². The predicted molar refractivity (Wildman–Crippen MR) is 121 cm³/mol. The molecule has 154 valence electrons. The van der Waals surface area contributed by atoms with Gasteiger partial charge in [-0.15, -0.1) is 0 Å². The fourth-order valence-electron chi connectivity index (χ4n) is 3.03. The van der Waals surface area contributed by atoms with Crippen molar-refractivity contribution in [2.75, 3.05) is 13.2 Å². The normalized spacial score (nSPS) is 10.3. The third-order valence-electron chi connectivity index (χ3n) is 4.63. The van der Waals surface area contributed by atoms with Crippen molar-refractivity contribution in [3.63, 3.8) is 0 Å². The van der Waals surface area contributed by atoms with E-state index in [1.54, 1.807) is 36.4 Å². The Morgan fingerprint density at radius 3 is 1.61 bits per heavy atom. The molecular formula is C27H22O4. The number of carbonyl (C=O) groups excluding carboxylic acids is 1. The molecule has 0 aromatic heterocycles. The molecule has 0 fully saturated rings. The smallest absolute Gasteiger partial charge is 0.343 e. The molecule has 0 spiro atoms. The first-order valence-corrected chi connectivity index (χ1v) is 10.1. The van der Waals surface area contributed by atoms with Gasteiger partial charge >= 0.3 is 5.97 Å². The molecule has 31 heavy (non-hydrogen) atoms. The second kappa shape index (κ2) is 10.1. The molecule has 0 bridgehead atoms. The van der Waals surface area contributed by atoms with Crippen LogP contribution < -0.4 is 14.2 Å². The van der Waals surface area contributed by atoms with Crippen LogP contribution in [0.4, 0.5) is 0 Å². The van der Waals surface area contributed by atoms with E-state index in [1.807, 2.05) is 72.8 Å². The highest BCUT2D eigenvalue weighted by Crippen LogP contribution is 2.23. The summed E-state index contributed by atoms with van der Waals surface area (Å²) in [7, 11) is 0. The SMILES string of the molecule is O=C(Oc1ccc(-c2ccccc2)cc1)c1ccc(OCCOc2ccccc2)cc1. The van der Waals surface area contributed by atoms with E-state index >= 15 is 0 Å². The van der Waals surface area contributed by atoms with Crippen LogP contribution in [0.2, 0.25) is 0 Å². The van der Waals surface area contributed by atoms with Crippen LogP contribution in [-0.4, -0.2) is 19.2 Å². The molecule has 4 aromatic carbocycles. The fraction of sp³-hybridized carbons (Fsp3) is 0.0741. The van der Waals surface area contributed by atoms with Gasteiger partial charge in [0.15, 0.2) is 0 Å². The van der Waals surface area contributed by atoms with Crippen LogP contribution in [0.15, 0.2) is 109 Å². The molecule has 0 N–H and O–H groups in total. The molecule has 4 heteroatoms. The zero-order chi connectivity index (χ0) is 21.3. The van der Waals surface area contributed by atoms with Crippen LogP contribution >= 0.6 is 0 Å². The van der Waals surface area contributed by atoms with E-state index in [0.29, 0.717) is 30.3 Å². The van der Waals surface area contributed by atoms with Gasteiger partial charge in [0.2, 0.25) is 0 Å². The van der Waals surface area contributed by atoms with Crippen LogP contribution in [0.1, 0.15) is 10.4 Å². The van der Waals surface area contributed by atoms with Gasteiger partial charge < -0.3 is 14.2 Å². The highest BCUT2D eigenvalue weighted by Gasteiger charge is 2.09. The largest absolute Gasteiger partial charge is 0.490 e. The minimum atomic E-state index is -0.411. The molecule has 0 aliphatic heterocycles. The topological polar surface area (TPSA) is 44.8 Å². The number of para-hydroxylation sites is 1. The van der Waals surface area contributed by atoms with Crippen LogP contribution in [0.3, 0.4) is 0 Å². The Kier molecular flexibility index (Phi) is 6.61. The number of hydrogen-bond acceptors (Lipinski definition) is 4. The monoisotopic (exact) mass is 410 g/mol. The lowest BCUT2D eigenvalue weighted by Crippen LogP contribution is -2.10. The summed E-state index contributed by atoms with van der Waals surface area (Å²) in [5.74, 6) is 1.57. The molecule has 0 unspecified atom stereocenters. The molecule has 0 amide bonds. The number of ether oxygens (including phenoxy) is 3. The summed E-state index contributed by atoms with van der Waals surface area (Å²) in [4.78, 5) is 12.4. The number of benzene rings is 4. The van der Waals surface area contributed by atoms with E-state index < -0.39 is 5.97 Å². The minimum absolute atomic E-state index is 0.409. The van der Waals surface area contributed by atoms with Crippen molar-refractivity contribution < 1.29 is 19.0 Å². The third kappa shape index (κ3) is 5.73. The Labute approximate surface area is 181 Å². The summed E-state index contributed by atoms with van der Waals surface area (Å²) in [6.45, 7) is 0.846. The molecule has 0 saturated heterocycles. The van der Waals surface area contributed by atoms with Crippen molar-refractivity contribution in [1.29, 1.82) is 0 Å². The lowest BCUT2D eigenvalue weighted by Gasteiger charge is -2.09. The van der Waals surface area contributed by atoms with Crippen LogP contribution in [-0.2, 0) is 0 Å². The van der Waals surface area contributed by atoms with Gasteiger partial charge in [-0.2, -0.15) is 0 Å². The lowest BCUT2D eigenvalue weighted by atomic mass is 10.1. The Morgan fingerprint density at radius 2 is 1.00 bits per heavy atom. The standard InChI is InChI=1S/C27H22O4/c28-27(31-26-17-11-22(12-18-26)21-7-3-1-4-8-21)23-13-15-25(16-14-23)30-20-19-29-24-9-5-2-6-10-24/h1-18H,19-20H2. The molecule has 0 aliphatic rings. The van der Waals surface area contributed by atoms with Crippen molar-refractivity contribution >= 4 is 5.97 Å². The lowest BCUT2D eigenvalue weighted by molar-refractivity contribution is 0.0734. The minimum Gasteiger partial charge on any atom is -0.490 e. The molecule has 0 aliphatic carbocycles. The third-order valence-corrected chi connectivity index (χ3v) is 4.63. The zero-order valence-electron chi connectivity index (χ0n) is 16.9. The number of rotatable bonds is 8. The van der Waals surface area contributed by atoms with Crippen LogP contribution in [0.25, 0.3) is 11.1 Å². The molecule has 4 rings (SSSR count). The summed E-state index contributed by atoms with van der Waals surface area (Å²) < 4.78 is 16.7. The average molecular weight is 410 g/mol. The summed E-state index contributed by atoms with van der Waals surface area (Å²) in [6.07, 6.45) is 0. The first-order chi connectivity index (χ1) is 15.3. The van der Waals surface area contributed by atoms with Gasteiger partial charge in [-0.05, 0) is 59.7 Å². The maximum absolute atomic E-state index is 12.4. The summed E-state index contributed by atoms with van der Waals surface area (Å²) in [5, 5.41) is 0. The summed E-state index contributed by atoms with van der Waals surface area (Å²) in [6, 6.07) is 34.0. The van der Waals surface area contributed by atoms with Crippen molar-refractivity contribution in [1.82, 2.24) is 0 Å². The van der Waals surface area contributed by atoms with E-state index in [0.717, 1.165) is 16.9 Å². The van der Waals surface area contributed by atoms with Crippen molar-refractivity contribution in [2.45, 2.75) is 0 Å². The molecule has 0 saturated carbocycles. The van der Waals surface area contributed by atoms with Crippen molar-refractivity contribution in [3.8, 4) is 28.4 Å². The van der Waals surface area contributed by atoms with Gasteiger partial charge in [-0.1, -0.05) is 60.7 Å². The fourth-order valence-corrected chi connectivity index (χ4v) is 3.03. The average Bonchev–Trinajstić information content (AvgIpc) is 2.84. The number of carbonyl (C=O) groups is 1. The Morgan fingerprint density at radius 1 is 0.516 bits per heavy atom. The Balaban J connectivity index is 1.27. The Bertz CT molecular complexity index is 1090. The molecule has 0 radical (unpaired) electrons. The molecular weight excluding hydrogens is 388 g/mol. The van der Waals surface area contributed by atoms with Gasteiger partial charge in [0, 0.05) is 0 Å². The molecule has 0 atom stereocenters. The Hall–Kier alpha value is -4.05. The highest BCUT2D eigenvalue weighted by atomic mass is 16.5. The van der Waals surface area contributed by atoms with E-state index in [-0.39, 0.29) is 0 Å². The van der Waals surface area contributed by atoms with Gasteiger partial charge in [0.1, 0.15) is 30.5 Å². The van der Waals surface area contributed by atoms with Crippen molar-refractivity contribution in [2.24, 2.45) is 0 Å². The first kappa shape index (κ1) is 20.2. The summed E-state index contributed by atoms with van der Waals surface area (Å²) in [5.41, 5.74) is 2.64. The van der Waals surface area contributed by atoms with E-state index in [2.05, 4.69) is 0 Å². The van der Waals surface area contributed by atoms with E-state index in [9.17, 15) is 4.79 Å². The number of hydrogen-bond donors (Lipinski definition) is 0. The van der Waals surface area contributed by atoms with Crippen LogP contribution in [0.5, 0.6) is 17.2 Å². The predicted octanol–water partition coefficient (Wildman–Crippen LogP) is 6.03. The zero-order valence-corrected chi connectivity index (χ0v) is 16.9. The second-order valence-corrected chi connectivity index (χ2v) is 6.81. The molecule has 4 aromatic rings. The number of esters is 1. The molecule has 4 nitrogen and oxygen atoms in total. The first-order valence-electron chi connectivity index (χ1n) is 10.1. The summed E-state index contributed by atoms with van der Waals surface area (Å²) >= 11 is 0. The second-order valence-electron chi connectivity index (χ2n) is 6.81. The van der Waals surface area contributed by atoms with E-state index in [1.165, 1.54) is 0 Å². The maximum atomic E-state index is 12.4. The maximum Gasteiger partial charge on any atom is 0.343 e. The van der Waals surface area contributed by atoms with Gasteiger partial charge in [0.25, 0.3) is 0 Å². The van der Waals surface area contributed by atoms with Gasteiger partial charge in [0.05, 0.1) is 5.56 Å². The van der Waals surface area contributed by atoms with E-state index in [4.69, 9.17) is 14.2 Å². The molecule has 0 heterocycles. The van der Waals surface area contributed by atoms with Crippen molar-refractivity contribution in [3.05, 3.63) is 115 Å². The van der Waals surface area contributed by atoms with Gasteiger partial charge in [-0.25, -0.2) is 4.79 Å². The quantitative estimate of drug-likeness (QED) is 0.202. The highest BCUT2D eigenvalue weighted by molar-refractivity contribution is 5.91. The van der Waals surface area contributed by atoms with Crippen LogP contribution in [0, 0.1) is 0 Å².